The Balaban J connectivity index is 2.01. The summed E-state index contributed by atoms with van der Waals surface area (Å²) in [5, 5.41) is 3.61. The quantitative estimate of drug-likeness (QED) is 0.539. The van der Waals surface area contributed by atoms with Crippen molar-refractivity contribution in [3.63, 3.8) is 0 Å². The van der Waals surface area contributed by atoms with E-state index < -0.39 is 0 Å². The molecule has 0 aromatic heterocycles. The van der Waals surface area contributed by atoms with Crippen molar-refractivity contribution in [2.45, 2.75) is 38.6 Å². The molecule has 0 aromatic carbocycles. The Hall–Kier alpha value is -0.0400. The van der Waals surface area contributed by atoms with Gasteiger partial charge in [-0.1, -0.05) is 6.92 Å². The summed E-state index contributed by atoms with van der Waals surface area (Å²) in [7, 11) is 0. The standard InChI is InChI=1S/C9H17N/c1-7-4-5-9-8(7)3-2-6-10-9/h7-10H,2-6H2,1H3. The minimum absolute atomic E-state index is 0.892. The van der Waals surface area contributed by atoms with Crippen molar-refractivity contribution in [2.75, 3.05) is 6.54 Å². The van der Waals surface area contributed by atoms with Crippen molar-refractivity contribution in [1.82, 2.24) is 5.32 Å². The largest absolute Gasteiger partial charge is 0.314 e. The number of nitrogens with one attached hydrogen (secondary N) is 1. The third-order valence-corrected chi connectivity index (χ3v) is 3.30. The molecule has 1 aliphatic carbocycles. The van der Waals surface area contributed by atoms with Crippen molar-refractivity contribution in [3.8, 4) is 0 Å². The number of rotatable bonds is 0. The average Bonchev–Trinajstić information content (AvgIpc) is 2.34. The molecule has 2 aliphatic rings. The van der Waals surface area contributed by atoms with Crippen LogP contribution in [0.5, 0.6) is 0 Å². The number of hydrogen-bond donors (Lipinski definition) is 1. The van der Waals surface area contributed by atoms with E-state index in [0.717, 1.165) is 17.9 Å². The molecule has 0 bridgehead atoms. The predicted molar refractivity (Wildman–Crippen MR) is 42.9 cm³/mol. The fourth-order valence-electron chi connectivity index (χ4n) is 2.63. The number of piperidine rings is 1. The van der Waals surface area contributed by atoms with Gasteiger partial charge in [0.1, 0.15) is 0 Å². The minimum atomic E-state index is 0.892. The molecule has 2 fully saturated rings. The SMILES string of the molecule is CC1CCC2NCCCC12. The van der Waals surface area contributed by atoms with Gasteiger partial charge in [0.25, 0.3) is 0 Å². The summed E-state index contributed by atoms with van der Waals surface area (Å²) in [6.45, 7) is 3.69. The maximum absolute atomic E-state index is 3.61. The van der Waals surface area contributed by atoms with Gasteiger partial charge >= 0.3 is 0 Å². The highest BCUT2D eigenvalue weighted by molar-refractivity contribution is 4.90. The lowest BCUT2D eigenvalue weighted by Gasteiger charge is -2.28. The van der Waals surface area contributed by atoms with E-state index in [2.05, 4.69) is 12.2 Å². The Bertz CT molecular complexity index is 120. The molecule has 1 aliphatic heterocycles. The van der Waals surface area contributed by atoms with Crippen molar-refractivity contribution in [3.05, 3.63) is 0 Å². The summed E-state index contributed by atoms with van der Waals surface area (Å²) in [5.41, 5.74) is 0. The van der Waals surface area contributed by atoms with Crippen LogP contribution in [-0.2, 0) is 0 Å². The minimum Gasteiger partial charge on any atom is -0.314 e. The van der Waals surface area contributed by atoms with Crippen LogP contribution < -0.4 is 5.32 Å². The summed E-state index contributed by atoms with van der Waals surface area (Å²) in [5.74, 6) is 2.02. The second-order valence-corrected chi connectivity index (χ2v) is 3.92. The molecule has 1 N–H and O–H groups in total. The molecule has 0 radical (unpaired) electrons. The molecule has 1 saturated heterocycles. The zero-order valence-electron chi connectivity index (χ0n) is 6.77. The molecule has 0 amide bonds. The first-order chi connectivity index (χ1) is 4.88. The van der Waals surface area contributed by atoms with Crippen LogP contribution in [-0.4, -0.2) is 12.6 Å². The molecule has 2 rings (SSSR count). The first kappa shape index (κ1) is 6.66. The highest BCUT2D eigenvalue weighted by Gasteiger charge is 2.34. The zero-order valence-corrected chi connectivity index (χ0v) is 6.77. The van der Waals surface area contributed by atoms with Gasteiger partial charge in [-0.05, 0) is 44.1 Å². The van der Waals surface area contributed by atoms with E-state index in [1.54, 1.807) is 0 Å². The van der Waals surface area contributed by atoms with Gasteiger partial charge in [0.15, 0.2) is 0 Å². The summed E-state index contributed by atoms with van der Waals surface area (Å²) in [6, 6.07) is 0.892. The number of fused-ring (bicyclic) bond motifs is 1. The van der Waals surface area contributed by atoms with E-state index in [4.69, 9.17) is 0 Å². The maximum Gasteiger partial charge on any atom is 0.00979 e. The second-order valence-electron chi connectivity index (χ2n) is 3.92. The summed E-state index contributed by atoms with van der Waals surface area (Å²) in [6.07, 6.45) is 5.79. The van der Waals surface area contributed by atoms with Crippen LogP contribution in [0.1, 0.15) is 32.6 Å². The second kappa shape index (κ2) is 2.54. The van der Waals surface area contributed by atoms with Gasteiger partial charge in [0, 0.05) is 6.04 Å². The molecule has 58 valence electrons. The number of hydrogen-bond acceptors (Lipinski definition) is 1. The molecule has 10 heavy (non-hydrogen) atoms. The summed E-state index contributed by atoms with van der Waals surface area (Å²) in [4.78, 5) is 0. The monoisotopic (exact) mass is 139 g/mol. The Labute approximate surface area is 63.2 Å². The van der Waals surface area contributed by atoms with E-state index in [9.17, 15) is 0 Å². The van der Waals surface area contributed by atoms with E-state index >= 15 is 0 Å². The molecule has 3 unspecified atom stereocenters. The maximum atomic E-state index is 3.61. The van der Waals surface area contributed by atoms with E-state index in [0.29, 0.717) is 0 Å². The van der Waals surface area contributed by atoms with E-state index in [-0.39, 0.29) is 0 Å². The molecule has 1 heterocycles. The van der Waals surface area contributed by atoms with Gasteiger partial charge in [-0.15, -0.1) is 0 Å². The lowest BCUT2D eigenvalue weighted by molar-refractivity contribution is 0.273. The highest BCUT2D eigenvalue weighted by Crippen LogP contribution is 2.36. The Morgan fingerprint density at radius 2 is 2.10 bits per heavy atom. The molecular formula is C9H17N. The van der Waals surface area contributed by atoms with Gasteiger partial charge in [-0.25, -0.2) is 0 Å². The van der Waals surface area contributed by atoms with Crippen LogP contribution >= 0.6 is 0 Å². The molecule has 3 atom stereocenters. The molecule has 1 saturated carbocycles. The highest BCUT2D eigenvalue weighted by atomic mass is 14.9. The van der Waals surface area contributed by atoms with Crippen molar-refractivity contribution >= 4 is 0 Å². The fraction of sp³-hybridized carbons (Fsp3) is 1.00. The van der Waals surface area contributed by atoms with Gasteiger partial charge in [0.2, 0.25) is 0 Å². The van der Waals surface area contributed by atoms with Crippen molar-refractivity contribution in [1.29, 1.82) is 0 Å². The molecule has 0 spiro atoms. The van der Waals surface area contributed by atoms with Crippen LogP contribution in [0, 0.1) is 11.8 Å². The first-order valence-electron chi connectivity index (χ1n) is 4.61. The average molecular weight is 139 g/mol. The van der Waals surface area contributed by atoms with Crippen molar-refractivity contribution in [2.24, 2.45) is 11.8 Å². The molecular weight excluding hydrogens is 122 g/mol. The molecule has 1 heteroatoms. The van der Waals surface area contributed by atoms with Crippen LogP contribution in [0.15, 0.2) is 0 Å². The summed E-state index contributed by atoms with van der Waals surface area (Å²) < 4.78 is 0. The molecule has 1 nitrogen and oxygen atoms in total. The normalized spacial score (nSPS) is 47.1. The Kier molecular flexibility index (Phi) is 1.69. The van der Waals surface area contributed by atoms with Gasteiger partial charge < -0.3 is 5.32 Å². The Morgan fingerprint density at radius 1 is 1.20 bits per heavy atom. The van der Waals surface area contributed by atoms with Crippen LogP contribution in [0.3, 0.4) is 0 Å². The molecule has 0 aromatic rings. The predicted octanol–water partition coefficient (Wildman–Crippen LogP) is 1.78. The smallest absolute Gasteiger partial charge is 0.00979 e. The lowest BCUT2D eigenvalue weighted by Crippen LogP contribution is -2.39. The lowest BCUT2D eigenvalue weighted by atomic mass is 9.88. The fourth-order valence-corrected chi connectivity index (χ4v) is 2.63. The van der Waals surface area contributed by atoms with Crippen molar-refractivity contribution < 1.29 is 0 Å². The van der Waals surface area contributed by atoms with Gasteiger partial charge in [0.05, 0.1) is 0 Å². The topological polar surface area (TPSA) is 12.0 Å². The third kappa shape index (κ3) is 0.968. The van der Waals surface area contributed by atoms with Crippen LogP contribution in [0.2, 0.25) is 0 Å². The third-order valence-electron chi connectivity index (χ3n) is 3.30. The van der Waals surface area contributed by atoms with E-state index in [1.165, 1.54) is 32.2 Å². The van der Waals surface area contributed by atoms with Crippen LogP contribution in [0.4, 0.5) is 0 Å². The summed E-state index contributed by atoms with van der Waals surface area (Å²) >= 11 is 0. The van der Waals surface area contributed by atoms with Gasteiger partial charge in [-0.2, -0.15) is 0 Å². The zero-order chi connectivity index (χ0) is 6.97. The first-order valence-corrected chi connectivity index (χ1v) is 4.61. The Morgan fingerprint density at radius 3 is 2.90 bits per heavy atom. The van der Waals surface area contributed by atoms with Crippen LogP contribution in [0.25, 0.3) is 0 Å². The van der Waals surface area contributed by atoms with Gasteiger partial charge in [-0.3, -0.25) is 0 Å². The van der Waals surface area contributed by atoms with E-state index in [1.807, 2.05) is 0 Å².